The van der Waals surface area contributed by atoms with Crippen molar-refractivity contribution in [3.05, 3.63) is 70.9 Å². The first-order chi connectivity index (χ1) is 12.2. The number of rotatable bonds is 3. The van der Waals surface area contributed by atoms with Crippen molar-refractivity contribution in [3.8, 4) is 0 Å². The molecule has 4 rings (SSSR count). The maximum Gasteiger partial charge on any atom is 0.212 e. The summed E-state index contributed by atoms with van der Waals surface area (Å²) in [6.45, 7) is 8.53. The molecule has 0 saturated carbocycles. The van der Waals surface area contributed by atoms with Crippen LogP contribution in [0.15, 0.2) is 64.5 Å². The molecule has 0 N–H and O–H groups in total. The lowest BCUT2D eigenvalue weighted by molar-refractivity contribution is -0.669. The first-order valence-electron chi connectivity index (χ1n) is 8.90. The Morgan fingerprint density at radius 1 is 1.04 bits per heavy atom. The molecule has 1 aliphatic heterocycles. The Labute approximate surface area is 153 Å². The number of hydrogen-bond acceptors (Lipinski definition) is 2. The van der Waals surface area contributed by atoms with Crippen LogP contribution in [-0.2, 0) is 6.54 Å². The van der Waals surface area contributed by atoms with Gasteiger partial charge in [0.15, 0.2) is 0 Å². The Kier molecular flexibility index (Phi) is 4.26. The van der Waals surface area contributed by atoms with Crippen LogP contribution in [0.5, 0.6) is 0 Å². The van der Waals surface area contributed by atoms with Gasteiger partial charge < -0.3 is 4.90 Å². The van der Waals surface area contributed by atoms with Crippen LogP contribution >= 0.6 is 11.8 Å². The SMILES string of the molecule is CCN1C(=Cc2ccc3cc(C)ccc3[n+]2CC)Sc2ccccc21. The number of benzene rings is 2. The molecule has 0 fully saturated rings. The van der Waals surface area contributed by atoms with E-state index in [4.69, 9.17) is 0 Å². The molecule has 0 atom stereocenters. The molecule has 2 nitrogen and oxygen atoms in total. The fourth-order valence-electron chi connectivity index (χ4n) is 3.55. The van der Waals surface area contributed by atoms with Crippen LogP contribution in [0.2, 0.25) is 0 Å². The lowest BCUT2D eigenvalue weighted by atomic mass is 10.1. The average molecular weight is 348 g/mol. The van der Waals surface area contributed by atoms with Gasteiger partial charge in [0.1, 0.15) is 6.54 Å². The summed E-state index contributed by atoms with van der Waals surface area (Å²) < 4.78 is 2.40. The molecule has 0 amide bonds. The van der Waals surface area contributed by atoms with E-state index >= 15 is 0 Å². The van der Waals surface area contributed by atoms with Gasteiger partial charge in [-0.05, 0) is 45.0 Å². The number of hydrogen-bond donors (Lipinski definition) is 0. The van der Waals surface area contributed by atoms with Gasteiger partial charge in [-0.25, -0.2) is 0 Å². The fourth-order valence-corrected chi connectivity index (χ4v) is 4.72. The van der Waals surface area contributed by atoms with Crippen LogP contribution in [0.3, 0.4) is 0 Å². The topological polar surface area (TPSA) is 7.12 Å². The van der Waals surface area contributed by atoms with Crippen molar-refractivity contribution in [2.24, 2.45) is 0 Å². The van der Waals surface area contributed by atoms with Gasteiger partial charge in [-0.15, -0.1) is 0 Å². The highest BCUT2D eigenvalue weighted by Gasteiger charge is 2.25. The number of fused-ring (bicyclic) bond motifs is 2. The number of anilines is 1. The summed E-state index contributed by atoms with van der Waals surface area (Å²) in [5.41, 5.74) is 5.18. The van der Waals surface area contributed by atoms with Crippen LogP contribution in [0.4, 0.5) is 5.69 Å². The third-order valence-electron chi connectivity index (χ3n) is 4.76. The Morgan fingerprint density at radius 3 is 2.68 bits per heavy atom. The van der Waals surface area contributed by atoms with Gasteiger partial charge in [-0.2, -0.15) is 4.57 Å². The van der Waals surface area contributed by atoms with Gasteiger partial charge in [-0.3, -0.25) is 0 Å². The molecule has 0 saturated heterocycles. The number of para-hydroxylation sites is 1. The van der Waals surface area contributed by atoms with Crippen molar-refractivity contribution in [2.45, 2.75) is 32.2 Å². The molecule has 0 unspecified atom stereocenters. The van der Waals surface area contributed by atoms with E-state index < -0.39 is 0 Å². The highest BCUT2D eigenvalue weighted by atomic mass is 32.2. The molecular formula is C22H23N2S+. The van der Waals surface area contributed by atoms with Crippen molar-refractivity contribution in [1.29, 1.82) is 0 Å². The van der Waals surface area contributed by atoms with Crippen molar-refractivity contribution >= 4 is 34.4 Å². The van der Waals surface area contributed by atoms with Gasteiger partial charge in [0.2, 0.25) is 11.2 Å². The Balaban J connectivity index is 1.83. The smallest absolute Gasteiger partial charge is 0.212 e. The van der Waals surface area contributed by atoms with Gasteiger partial charge >= 0.3 is 0 Å². The first kappa shape index (κ1) is 16.2. The molecule has 25 heavy (non-hydrogen) atoms. The van der Waals surface area contributed by atoms with E-state index in [1.54, 1.807) is 0 Å². The van der Waals surface area contributed by atoms with Crippen LogP contribution in [0.25, 0.3) is 17.0 Å². The fraction of sp³-hybridized carbons (Fsp3) is 0.227. The average Bonchev–Trinajstić information content (AvgIpc) is 2.98. The summed E-state index contributed by atoms with van der Waals surface area (Å²) >= 11 is 1.86. The summed E-state index contributed by atoms with van der Waals surface area (Å²) in [4.78, 5) is 3.74. The quantitative estimate of drug-likeness (QED) is 0.587. The third kappa shape index (κ3) is 2.83. The first-order valence-corrected chi connectivity index (χ1v) is 9.72. The zero-order chi connectivity index (χ0) is 17.4. The van der Waals surface area contributed by atoms with Gasteiger partial charge in [-0.1, -0.05) is 35.5 Å². The van der Waals surface area contributed by atoms with E-state index in [1.807, 2.05) is 11.8 Å². The molecule has 0 radical (unpaired) electrons. The minimum Gasteiger partial charge on any atom is -0.335 e. The molecule has 0 bridgehead atoms. The maximum atomic E-state index is 2.40. The normalized spacial score (nSPS) is 15.2. The highest BCUT2D eigenvalue weighted by Crippen LogP contribution is 2.46. The zero-order valence-electron chi connectivity index (χ0n) is 15.0. The molecule has 126 valence electrons. The summed E-state index contributed by atoms with van der Waals surface area (Å²) in [6.07, 6.45) is 2.33. The lowest BCUT2D eigenvalue weighted by Gasteiger charge is -2.17. The molecule has 2 heterocycles. The zero-order valence-corrected chi connectivity index (χ0v) is 15.8. The van der Waals surface area contributed by atoms with Crippen LogP contribution in [0, 0.1) is 6.92 Å². The van der Waals surface area contributed by atoms with Crippen molar-refractivity contribution in [1.82, 2.24) is 0 Å². The Bertz CT molecular complexity index is 975. The van der Waals surface area contributed by atoms with E-state index in [9.17, 15) is 0 Å². The largest absolute Gasteiger partial charge is 0.335 e. The second-order valence-electron chi connectivity index (χ2n) is 6.36. The van der Waals surface area contributed by atoms with Gasteiger partial charge in [0.05, 0.1) is 10.7 Å². The molecule has 1 aliphatic rings. The summed E-state index contributed by atoms with van der Waals surface area (Å²) in [5, 5.41) is 2.61. The van der Waals surface area contributed by atoms with Crippen LogP contribution in [-0.4, -0.2) is 6.54 Å². The molecule has 3 aromatic rings. The predicted octanol–water partition coefficient (Wildman–Crippen LogP) is 5.39. The standard InChI is InChI=1S/C22H23N2S/c1-4-23-18(12-11-17-14-16(3)10-13-19(17)23)15-22-24(5-2)20-8-6-7-9-21(20)25-22/h6-15H,4-5H2,1-3H3/q+1. The van der Waals surface area contributed by atoms with Gasteiger partial charge in [0.25, 0.3) is 0 Å². The monoisotopic (exact) mass is 347 g/mol. The van der Waals surface area contributed by atoms with Crippen molar-refractivity contribution < 1.29 is 4.57 Å². The van der Waals surface area contributed by atoms with E-state index in [2.05, 4.69) is 90.9 Å². The number of aromatic nitrogens is 1. The maximum absolute atomic E-state index is 2.40. The number of nitrogens with zero attached hydrogens (tertiary/aromatic N) is 2. The minimum atomic E-state index is 0.962. The van der Waals surface area contributed by atoms with Crippen LogP contribution < -0.4 is 9.47 Å². The lowest BCUT2D eigenvalue weighted by Crippen LogP contribution is -2.37. The Hall–Kier alpha value is -2.26. The highest BCUT2D eigenvalue weighted by molar-refractivity contribution is 8.03. The number of pyridine rings is 1. The summed E-state index contributed by atoms with van der Waals surface area (Å²) in [6, 6.07) is 19.8. The minimum absolute atomic E-state index is 0.962. The van der Waals surface area contributed by atoms with E-state index in [0.29, 0.717) is 0 Å². The van der Waals surface area contributed by atoms with Crippen molar-refractivity contribution in [3.63, 3.8) is 0 Å². The molecule has 0 aliphatic carbocycles. The molecular weight excluding hydrogens is 324 g/mol. The predicted molar refractivity (Wildman–Crippen MR) is 108 cm³/mol. The second kappa shape index (κ2) is 6.57. The third-order valence-corrected chi connectivity index (χ3v) is 5.87. The number of thioether (sulfide) groups is 1. The summed E-state index contributed by atoms with van der Waals surface area (Å²) in [7, 11) is 0. The van der Waals surface area contributed by atoms with Crippen molar-refractivity contribution in [2.75, 3.05) is 11.4 Å². The molecule has 0 spiro atoms. The van der Waals surface area contributed by atoms with E-state index in [0.717, 1.165) is 13.1 Å². The van der Waals surface area contributed by atoms with E-state index in [-0.39, 0.29) is 0 Å². The van der Waals surface area contributed by atoms with E-state index in [1.165, 1.54) is 37.8 Å². The van der Waals surface area contributed by atoms with Crippen LogP contribution in [0.1, 0.15) is 25.1 Å². The van der Waals surface area contributed by atoms with Gasteiger partial charge in [0, 0.05) is 35.0 Å². The Morgan fingerprint density at radius 2 is 1.88 bits per heavy atom. The molecule has 2 aromatic carbocycles. The molecule has 3 heteroatoms. The molecule has 1 aromatic heterocycles. The number of aryl methyl sites for hydroxylation is 2. The second-order valence-corrected chi connectivity index (χ2v) is 7.42. The summed E-state index contributed by atoms with van der Waals surface area (Å²) in [5.74, 6) is 0.